The molecule has 0 aliphatic heterocycles. The Hall–Kier alpha value is -2.89. The fourth-order valence-corrected chi connectivity index (χ4v) is 2.16. The number of furan rings is 1. The lowest BCUT2D eigenvalue weighted by Crippen LogP contribution is -1.93. The molecule has 0 unspecified atom stereocenters. The first-order chi connectivity index (χ1) is 10.2. The van der Waals surface area contributed by atoms with Gasteiger partial charge in [-0.05, 0) is 23.8 Å². The van der Waals surface area contributed by atoms with E-state index in [1.165, 1.54) is 0 Å². The van der Waals surface area contributed by atoms with Crippen LogP contribution in [0.5, 0.6) is 11.5 Å². The number of aromatic nitrogens is 1. The summed E-state index contributed by atoms with van der Waals surface area (Å²) in [6.07, 6.45) is 3.14. The van der Waals surface area contributed by atoms with E-state index in [4.69, 9.17) is 24.1 Å². The number of nitrogen functional groups attached to an aromatic ring is 1. The molecular formula is C15H14N2O4. The number of nitrogens with zero attached hydrogens (tertiary/aromatic N) is 1. The number of hydrogen-bond acceptors (Lipinski definition) is 6. The van der Waals surface area contributed by atoms with Gasteiger partial charge in [0.15, 0.2) is 23.1 Å². The maximum Gasteiger partial charge on any atom is 0.180 e. The number of rotatable bonds is 4. The van der Waals surface area contributed by atoms with Crippen molar-refractivity contribution in [3.05, 3.63) is 36.8 Å². The summed E-state index contributed by atoms with van der Waals surface area (Å²) in [5.41, 5.74) is 8.22. The minimum atomic E-state index is 0.304. The Morgan fingerprint density at radius 1 is 1.05 bits per heavy atom. The van der Waals surface area contributed by atoms with E-state index in [0.29, 0.717) is 28.6 Å². The van der Waals surface area contributed by atoms with Gasteiger partial charge >= 0.3 is 0 Å². The van der Waals surface area contributed by atoms with Crippen LogP contribution in [0.15, 0.2) is 45.7 Å². The molecule has 3 rings (SSSR count). The number of methoxy groups -OCH3 is 2. The summed E-state index contributed by atoms with van der Waals surface area (Å²) < 4.78 is 20.9. The van der Waals surface area contributed by atoms with Crippen LogP contribution in [0.3, 0.4) is 0 Å². The normalized spacial score (nSPS) is 10.6. The summed E-state index contributed by atoms with van der Waals surface area (Å²) >= 11 is 0. The van der Waals surface area contributed by atoms with Crippen LogP contribution in [-0.2, 0) is 0 Å². The van der Waals surface area contributed by atoms with Crippen LogP contribution in [0.25, 0.3) is 22.5 Å². The number of anilines is 1. The Balaban J connectivity index is 2.15. The van der Waals surface area contributed by atoms with Gasteiger partial charge in [0.25, 0.3) is 0 Å². The van der Waals surface area contributed by atoms with Gasteiger partial charge < -0.3 is 24.1 Å². The molecule has 0 bridgehead atoms. The van der Waals surface area contributed by atoms with Gasteiger partial charge in [-0.25, -0.2) is 0 Å². The zero-order valence-corrected chi connectivity index (χ0v) is 11.6. The zero-order chi connectivity index (χ0) is 14.8. The smallest absolute Gasteiger partial charge is 0.180 e. The van der Waals surface area contributed by atoms with Gasteiger partial charge in [-0.3, -0.25) is 0 Å². The van der Waals surface area contributed by atoms with E-state index in [1.807, 2.05) is 12.1 Å². The Labute approximate surface area is 121 Å². The maximum atomic E-state index is 5.93. The first-order valence-corrected chi connectivity index (χ1v) is 6.24. The Morgan fingerprint density at radius 2 is 1.86 bits per heavy atom. The highest BCUT2D eigenvalue weighted by molar-refractivity contribution is 5.87. The van der Waals surface area contributed by atoms with Crippen molar-refractivity contribution in [1.29, 1.82) is 0 Å². The summed E-state index contributed by atoms with van der Waals surface area (Å²) in [7, 11) is 3.16. The Bertz CT molecular complexity index is 747. The summed E-state index contributed by atoms with van der Waals surface area (Å²) in [6, 6.07) is 7.28. The van der Waals surface area contributed by atoms with Crippen LogP contribution in [0.4, 0.5) is 5.82 Å². The minimum Gasteiger partial charge on any atom is -0.493 e. The number of benzene rings is 1. The molecule has 6 heteroatoms. The van der Waals surface area contributed by atoms with Crippen molar-refractivity contribution in [3.63, 3.8) is 0 Å². The van der Waals surface area contributed by atoms with Crippen molar-refractivity contribution < 1.29 is 18.4 Å². The average molecular weight is 286 g/mol. The molecule has 0 fully saturated rings. The maximum absolute atomic E-state index is 5.93. The van der Waals surface area contributed by atoms with Gasteiger partial charge in [0.1, 0.15) is 6.26 Å². The lowest BCUT2D eigenvalue weighted by atomic mass is 10.0. The quantitative estimate of drug-likeness (QED) is 0.792. The van der Waals surface area contributed by atoms with Crippen molar-refractivity contribution in [2.45, 2.75) is 0 Å². The summed E-state index contributed by atoms with van der Waals surface area (Å²) in [6.45, 7) is 0. The second kappa shape index (κ2) is 5.24. The zero-order valence-electron chi connectivity index (χ0n) is 11.6. The fourth-order valence-electron chi connectivity index (χ4n) is 2.16. The topological polar surface area (TPSA) is 83.7 Å². The summed E-state index contributed by atoms with van der Waals surface area (Å²) in [5.74, 6) is 2.10. The van der Waals surface area contributed by atoms with Crippen LogP contribution in [-0.4, -0.2) is 19.4 Å². The molecule has 0 atom stereocenters. The van der Waals surface area contributed by atoms with Crippen molar-refractivity contribution in [3.8, 4) is 33.9 Å². The molecule has 6 nitrogen and oxygen atoms in total. The molecular weight excluding hydrogens is 272 g/mol. The predicted molar refractivity (Wildman–Crippen MR) is 77.2 cm³/mol. The van der Waals surface area contributed by atoms with Crippen molar-refractivity contribution in [2.75, 3.05) is 20.0 Å². The second-order valence-electron chi connectivity index (χ2n) is 4.35. The minimum absolute atomic E-state index is 0.304. The Kier molecular flexibility index (Phi) is 3.27. The monoisotopic (exact) mass is 286 g/mol. The van der Waals surface area contributed by atoms with E-state index < -0.39 is 0 Å². The van der Waals surface area contributed by atoms with Crippen LogP contribution in [0, 0.1) is 0 Å². The molecule has 0 aliphatic carbocycles. The standard InChI is InChI=1S/C15H14N2O4/c1-18-11-4-3-9(7-12(11)19-2)13-14(21-17-15(13)16)10-5-6-20-8-10/h3-8H,1-2H3,(H2,16,17). The van der Waals surface area contributed by atoms with Crippen molar-refractivity contribution in [2.24, 2.45) is 0 Å². The molecule has 0 amide bonds. The third-order valence-electron chi connectivity index (χ3n) is 3.17. The van der Waals surface area contributed by atoms with Gasteiger partial charge in [0.2, 0.25) is 0 Å². The van der Waals surface area contributed by atoms with E-state index in [1.54, 1.807) is 38.9 Å². The Morgan fingerprint density at radius 3 is 2.52 bits per heavy atom. The largest absolute Gasteiger partial charge is 0.493 e. The molecule has 0 spiro atoms. The molecule has 2 aromatic heterocycles. The van der Waals surface area contributed by atoms with Gasteiger partial charge in [-0.1, -0.05) is 11.2 Å². The van der Waals surface area contributed by atoms with E-state index in [2.05, 4.69) is 5.16 Å². The van der Waals surface area contributed by atoms with Crippen LogP contribution in [0.2, 0.25) is 0 Å². The van der Waals surface area contributed by atoms with Gasteiger partial charge in [-0.15, -0.1) is 0 Å². The van der Waals surface area contributed by atoms with E-state index in [0.717, 1.165) is 11.1 Å². The number of ether oxygens (including phenoxy) is 2. The molecule has 2 heterocycles. The molecule has 108 valence electrons. The molecule has 1 aromatic carbocycles. The third kappa shape index (κ3) is 2.20. The van der Waals surface area contributed by atoms with E-state index >= 15 is 0 Å². The predicted octanol–water partition coefficient (Wildman–Crippen LogP) is 3.20. The van der Waals surface area contributed by atoms with Gasteiger partial charge in [-0.2, -0.15) is 0 Å². The van der Waals surface area contributed by atoms with Gasteiger partial charge in [0.05, 0.1) is 31.6 Å². The number of hydrogen-bond donors (Lipinski definition) is 1. The van der Waals surface area contributed by atoms with Gasteiger partial charge in [0, 0.05) is 0 Å². The molecule has 21 heavy (non-hydrogen) atoms. The molecule has 3 aromatic rings. The molecule has 2 N–H and O–H groups in total. The lowest BCUT2D eigenvalue weighted by molar-refractivity contribution is 0.355. The molecule has 0 saturated heterocycles. The highest BCUT2D eigenvalue weighted by Crippen LogP contribution is 2.40. The summed E-state index contributed by atoms with van der Waals surface area (Å²) in [4.78, 5) is 0. The van der Waals surface area contributed by atoms with Crippen LogP contribution < -0.4 is 15.2 Å². The molecule has 0 aliphatic rings. The van der Waals surface area contributed by atoms with Crippen LogP contribution in [0.1, 0.15) is 0 Å². The highest BCUT2D eigenvalue weighted by Gasteiger charge is 2.19. The molecule has 0 saturated carbocycles. The van der Waals surface area contributed by atoms with E-state index in [9.17, 15) is 0 Å². The average Bonchev–Trinajstić information content (AvgIpc) is 3.15. The van der Waals surface area contributed by atoms with Crippen molar-refractivity contribution in [1.82, 2.24) is 5.16 Å². The van der Waals surface area contributed by atoms with Crippen molar-refractivity contribution >= 4 is 5.82 Å². The van der Waals surface area contributed by atoms with E-state index in [-0.39, 0.29) is 0 Å². The van der Waals surface area contributed by atoms with Crippen LogP contribution >= 0.6 is 0 Å². The first kappa shape index (κ1) is 13.1. The molecule has 0 radical (unpaired) electrons. The lowest BCUT2D eigenvalue weighted by Gasteiger charge is -2.09. The first-order valence-electron chi connectivity index (χ1n) is 6.24. The summed E-state index contributed by atoms with van der Waals surface area (Å²) in [5, 5.41) is 3.84. The second-order valence-corrected chi connectivity index (χ2v) is 4.35. The SMILES string of the molecule is COc1ccc(-c2c(N)noc2-c2ccoc2)cc1OC. The number of nitrogens with two attached hydrogens (primary N) is 1. The fraction of sp³-hybridized carbons (Fsp3) is 0.133. The third-order valence-corrected chi connectivity index (χ3v) is 3.17. The highest BCUT2D eigenvalue weighted by atomic mass is 16.5.